The van der Waals surface area contributed by atoms with Gasteiger partial charge in [-0.25, -0.2) is 28.0 Å². The number of hydrogen-bond donors (Lipinski definition) is 8. The maximum atomic E-state index is 15.7. The van der Waals surface area contributed by atoms with Crippen LogP contribution < -0.4 is 26.2 Å². The fraction of sp³-hybridized carbons (Fsp3) is 0.573. The highest BCUT2D eigenvalue weighted by Crippen LogP contribution is 2.38. The maximum Gasteiger partial charge on any atom is 0.333 e. The largest absolute Gasteiger partial charge is 0.505 e. The first-order valence-corrected chi connectivity index (χ1v) is 50.2. The number of aromatic hydroxyl groups is 1. The summed E-state index contributed by atoms with van der Waals surface area (Å²) in [5.41, 5.74) is 1.99. The van der Waals surface area contributed by atoms with E-state index in [1.54, 1.807) is 81.1 Å². The first kappa shape index (κ1) is 106. The molecule has 4 bridgehead atoms. The van der Waals surface area contributed by atoms with Gasteiger partial charge in [0.05, 0.1) is 36.0 Å². The number of esters is 2. The number of likely N-dealkylation sites (N-methyl/N-ethyl adjacent to an activating group) is 1. The minimum absolute atomic E-state index is 0.0243. The van der Waals surface area contributed by atoms with E-state index in [1.807, 2.05) is 75.9 Å². The third-order valence-electron chi connectivity index (χ3n) is 23.8. The number of allylic oxidation sites excluding steroid dienone is 2. The molecule has 7 saturated heterocycles. The minimum Gasteiger partial charge on any atom is -0.505 e. The van der Waals surface area contributed by atoms with Gasteiger partial charge in [-0.3, -0.25) is 57.1 Å². The molecule has 8 N–H and O–H groups in total. The van der Waals surface area contributed by atoms with E-state index in [2.05, 4.69) is 36.1 Å². The molecule has 3 unspecified atom stereocenters. The fourth-order valence-electron chi connectivity index (χ4n) is 16.8. The van der Waals surface area contributed by atoms with Crippen LogP contribution in [0.25, 0.3) is 0 Å². The van der Waals surface area contributed by atoms with Crippen molar-refractivity contribution in [3.8, 4) is 5.75 Å². The van der Waals surface area contributed by atoms with Crippen molar-refractivity contribution in [2.75, 3.05) is 116 Å². The van der Waals surface area contributed by atoms with Gasteiger partial charge in [0.2, 0.25) is 41.3 Å². The quantitative estimate of drug-likeness (QED) is 0.0553. The Kier molecular flexibility index (Phi) is 39.1. The van der Waals surface area contributed by atoms with Gasteiger partial charge in [0.15, 0.2) is 27.3 Å². The molecule has 720 valence electrons. The highest BCUT2D eigenvalue weighted by atomic mass is 32.2. The molecule has 131 heavy (non-hydrogen) atoms. The van der Waals surface area contributed by atoms with E-state index in [0.29, 0.717) is 54.5 Å². The average molecular weight is 1910 g/mol. The van der Waals surface area contributed by atoms with Gasteiger partial charge in [-0.05, 0) is 132 Å². The number of cyclic esters (lactones) is 2. The van der Waals surface area contributed by atoms with Gasteiger partial charge in [-0.2, -0.15) is 28.6 Å². The normalized spacial score (nSPS) is 27.6. The Bertz CT molecular complexity index is 5100. The number of ketones is 2. The number of nitrogens with zero attached hydrogens (tertiary/aromatic N) is 9. The summed E-state index contributed by atoms with van der Waals surface area (Å²) < 4.78 is 96.6. The number of sulfone groups is 1. The van der Waals surface area contributed by atoms with E-state index < -0.39 is 172 Å². The van der Waals surface area contributed by atoms with E-state index in [1.165, 1.54) is 59.2 Å². The smallest absolute Gasteiger partial charge is 0.333 e. The van der Waals surface area contributed by atoms with E-state index >= 15 is 14.4 Å². The number of nitrogens with one attached hydrogen (secondary N) is 4. The number of amides is 8. The Morgan fingerprint density at radius 1 is 0.748 bits per heavy atom. The zero-order valence-electron chi connectivity index (χ0n) is 76.2. The number of benzene rings is 2. The number of piperidine rings is 4. The van der Waals surface area contributed by atoms with Crippen LogP contribution in [0.4, 0.5) is 5.69 Å². The molecule has 2 aromatic carbocycles. The second-order valence-electron chi connectivity index (χ2n) is 34.3. The molecule has 38 nitrogen and oxygen atoms in total. The zero-order chi connectivity index (χ0) is 96.7. The Labute approximate surface area is 769 Å². The number of oxazole rings is 1. The molecule has 10 heterocycles. The molecule has 14 atom stereocenters. The Morgan fingerprint density at radius 2 is 1.41 bits per heavy atom. The third-order valence-corrected chi connectivity index (χ3v) is 27.5. The number of fused-ring (bicyclic) bond motifs is 8. The van der Waals surface area contributed by atoms with Crippen LogP contribution in [0.15, 0.2) is 120 Å². The highest BCUT2D eigenvalue weighted by Gasteiger charge is 2.52. The number of thioether (sulfide) groups is 1. The lowest BCUT2D eigenvalue weighted by atomic mass is 9.88. The topological polar surface area (TPSA) is 516 Å². The van der Waals surface area contributed by atoms with Crippen LogP contribution in [0, 0.1) is 23.7 Å². The Balaban J connectivity index is 0.000000314. The van der Waals surface area contributed by atoms with Crippen LogP contribution in [0.1, 0.15) is 151 Å². The Morgan fingerprint density at radius 3 is 2.02 bits per heavy atom. The van der Waals surface area contributed by atoms with Crippen molar-refractivity contribution < 1.29 is 116 Å². The van der Waals surface area contributed by atoms with Crippen molar-refractivity contribution in [3.63, 3.8) is 0 Å². The molecule has 4 aromatic rings. The lowest BCUT2D eigenvalue weighted by molar-refractivity contribution is -0.158. The number of carbonyl (C=O) groups is 12. The maximum absolute atomic E-state index is 15.7. The molecule has 42 heteroatoms. The van der Waals surface area contributed by atoms with E-state index in [4.69, 9.17) is 23.0 Å². The summed E-state index contributed by atoms with van der Waals surface area (Å²) >= 11 is 1.73. The summed E-state index contributed by atoms with van der Waals surface area (Å²) in [6, 6.07) is 8.81. The average Bonchev–Trinajstić information content (AvgIpc) is 1.66. The van der Waals surface area contributed by atoms with Gasteiger partial charge in [0.1, 0.15) is 72.0 Å². The lowest BCUT2D eigenvalue weighted by Crippen LogP contribution is -2.63. The van der Waals surface area contributed by atoms with Crippen LogP contribution in [0.3, 0.4) is 0 Å². The van der Waals surface area contributed by atoms with E-state index in [9.17, 15) is 78.6 Å². The van der Waals surface area contributed by atoms with Gasteiger partial charge >= 0.3 is 11.9 Å². The van der Waals surface area contributed by atoms with Crippen molar-refractivity contribution >= 4 is 118 Å². The van der Waals surface area contributed by atoms with Crippen LogP contribution in [-0.4, -0.2) is 330 Å². The fourth-order valence-corrected chi connectivity index (χ4v) is 20.3. The summed E-state index contributed by atoms with van der Waals surface area (Å²) in [6.45, 7) is 19.0. The van der Waals surface area contributed by atoms with Crippen molar-refractivity contribution in [1.29, 1.82) is 0 Å². The molecule has 0 saturated carbocycles. The number of rotatable bonds is 17. The van der Waals surface area contributed by atoms with Gasteiger partial charge in [-0.15, -0.1) is 0 Å². The van der Waals surface area contributed by atoms with Crippen molar-refractivity contribution in [1.82, 2.24) is 60.6 Å². The summed E-state index contributed by atoms with van der Waals surface area (Å²) in [4.78, 5) is 190. The third kappa shape index (κ3) is 30.9. The van der Waals surface area contributed by atoms with Crippen LogP contribution in [0.5, 0.6) is 5.75 Å². The number of aromatic nitrogens is 2. The first-order chi connectivity index (χ1) is 61.7. The molecule has 8 amide bonds. The summed E-state index contributed by atoms with van der Waals surface area (Å²) in [5.74, 6) is -9.05. The van der Waals surface area contributed by atoms with Crippen LogP contribution in [0.2, 0.25) is 0 Å². The van der Waals surface area contributed by atoms with Crippen LogP contribution in [-0.2, 0) is 100 Å². The van der Waals surface area contributed by atoms with Gasteiger partial charge < -0.3 is 79.7 Å². The molecule has 8 aliphatic heterocycles. The number of ether oxygens (including phenoxy) is 2. The molecule has 0 spiro atoms. The molecule has 8 aliphatic rings. The van der Waals surface area contributed by atoms with Gasteiger partial charge in [0, 0.05) is 114 Å². The van der Waals surface area contributed by atoms with E-state index in [-0.39, 0.29) is 124 Å². The SMILES string of the molecule is CCN(CC)CCS(=O)(=O)[C@@H]1CCN2C(=O)c3coc(n3)CC(=O)C[C@H](O)/C=C(C)\C=C/CNC(=O)/C=C\[C@@H](C)[C@@H](C(C)C)OC(=O)[C@@H]12.CC[C@H]1NC(=O)[C@@H](NC(=O)c2ncccc2O)C(C)OC(=O)[C@H](c2ccccc2)NC(=O)[C@@H]2CC(=O)C(CSC3CN4CCC3CC4)CN2C(=O)[C@H](Cc2ccc(N(C)C)cc2)N(C)C(=O)[C@@H]2CCCN2C1=O.CS(=O)(=O)O.CS(=O)(=O)O. The summed E-state index contributed by atoms with van der Waals surface area (Å²) in [7, 11) is -5.88. The molecule has 12 rings (SSSR count). The molecule has 7 fully saturated rings. The van der Waals surface area contributed by atoms with E-state index in [0.717, 1.165) is 54.9 Å². The van der Waals surface area contributed by atoms with Crippen molar-refractivity contribution in [2.45, 2.75) is 191 Å². The monoisotopic (exact) mass is 1900 g/mol. The summed E-state index contributed by atoms with van der Waals surface area (Å²) in [6.07, 6.45) is 10.5. The molecule has 2 aromatic heterocycles. The highest BCUT2D eigenvalue weighted by molar-refractivity contribution is 8.00. The summed E-state index contributed by atoms with van der Waals surface area (Å²) in [5, 5.41) is 30.8. The molecular formula is C89H125N13O25S4. The molecule has 0 radical (unpaired) electrons. The second-order valence-corrected chi connectivity index (χ2v) is 40.8. The second kappa shape index (κ2) is 48.4. The van der Waals surface area contributed by atoms with Gasteiger partial charge in [0.25, 0.3) is 32.1 Å². The molecule has 0 aliphatic carbocycles. The number of anilines is 1. The number of hydrogen-bond acceptors (Lipinski definition) is 29. The Hall–Kier alpha value is -10.3. The van der Waals surface area contributed by atoms with Crippen molar-refractivity contribution in [2.24, 2.45) is 23.7 Å². The number of aliphatic hydroxyl groups excluding tert-OH is 1. The standard InChI is InChI=1S/C53H67N9O10S.C34H50N4O9S.2CH4O3S/c1-6-37-50(68)61-23-11-14-38(61)51(69)59(5)40(26-32-16-18-36(19-17-32)58(3)4)52(70)62-28-35(30-73-43-29-60-24-20-33(43)21-25-60)42(64)27-39(62)47(65)57-45(34-12-8-7-9-13-34)53(71)72-31(2)44(48(66)55-37)56-49(67)46-41(63)15-10-22-54-46;1-7-37(8-2)16-17-48(44,45)28-13-15-38-31(28)34(43)47-32(22(3)4)24(6)11-12-29(41)35-14-9-10-23(5)18-25(39)19-26(40)20-30-36-27(21-46-30)33(38)42;2*1-5(2,3)4/h7-10,12-13,15-19,22,31,33,35,37-40,43-45,63H,6,11,14,20-21,23-30H2,1-5H3,(H,55,66)(H,56,67)(H,57,65);9-12,18,21-22,24-25,28,31-32,39H,7-8,13-17,19-20H2,1-6H3,(H,35,41);2*1H3,(H,2,3,4)/b;10-9-,12-11-,23-18-;;/t31?,35?,37-,38+,39+,40+,43?,44+,45+;24-,25-,28-,31-,32-;;/m11../s1. The van der Waals surface area contributed by atoms with Crippen LogP contribution >= 0.6 is 11.8 Å². The van der Waals surface area contributed by atoms with Crippen molar-refractivity contribution in [3.05, 3.63) is 144 Å². The lowest BCUT2D eigenvalue weighted by Gasteiger charge is -2.45. The first-order valence-electron chi connectivity index (χ1n) is 43.8. The predicted molar refractivity (Wildman–Crippen MR) is 487 cm³/mol. The number of carbonyl (C=O) groups excluding carboxylic acids is 12. The van der Waals surface area contributed by atoms with Gasteiger partial charge in [-0.1, -0.05) is 114 Å². The number of Topliss-reactive ketones (excluding diaryl/α,β-unsaturated/α-hetero) is 2. The minimum atomic E-state index is -3.87. The predicted octanol–water partition coefficient (Wildman–Crippen LogP) is 3.60. The zero-order valence-corrected chi connectivity index (χ0v) is 79.5. The number of aliphatic hydroxyl groups is 1. The molecular weight excluding hydrogens is 1780 g/mol. The number of pyridine rings is 1.